The first-order valence-electron chi connectivity index (χ1n) is 22.3. The van der Waals surface area contributed by atoms with Crippen molar-refractivity contribution in [1.29, 1.82) is 0 Å². The Labute approximate surface area is 384 Å². The van der Waals surface area contributed by atoms with E-state index in [0.29, 0.717) is 80.1 Å². The standard InChI is InChI=1S/C48H55ClN7O8P/c1-63-41-28-34(12-11-31(41)27-43-50-30-38(49)39(51-43)26-32-8-4-5-9-42(32)65(2,3)62)53-19-17-33(18-20-53)54-21-23-55(24-22-54)45(58)10-6-7-25-64-35-13-14-36-37(29-35)48(61)56(47(36)60)40-15-16-44(57)52-46(40)59/h4-5,8-9,11-14,28-30,33,40H,6-7,10,15-27H2,1-3H3,(H,52,57,59). The first kappa shape index (κ1) is 45.9. The van der Waals surface area contributed by atoms with Gasteiger partial charge in [0.1, 0.15) is 30.5 Å². The van der Waals surface area contributed by atoms with Gasteiger partial charge in [-0.25, -0.2) is 9.97 Å². The first-order valence-corrected chi connectivity index (χ1v) is 25.3. The third-order valence-electron chi connectivity index (χ3n) is 12.9. The molecule has 3 saturated heterocycles. The Balaban J connectivity index is 0.755. The molecule has 342 valence electrons. The second-order valence-electron chi connectivity index (χ2n) is 17.5. The van der Waals surface area contributed by atoms with Crippen LogP contribution in [0.5, 0.6) is 11.5 Å². The summed E-state index contributed by atoms with van der Waals surface area (Å²) in [6, 6.07) is 18.2. The number of ether oxygens (including phenoxy) is 2. The number of rotatable bonds is 15. The minimum Gasteiger partial charge on any atom is -0.496 e. The molecule has 0 spiro atoms. The Morgan fingerprint density at radius 2 is 1.62 bits per heavy atom. The molecule has 1 unspecified atom stereocenters. The van der Waals surface area contributed by atoms with Crippen LogP contribution < -0.4 is 25.0 Å². The molecule has 17 heteroatoms. The van der Waals surface area contributed by atoms with E-state index in [9.17, 15) is 28.5 Å². The molecule has 15 nitrogen and oxygen atoms in total. The van der Waals surface area contributed by atoms with Gasteiger partial charge in [-0.05, 0) is 75.3 Å². The monoisotopic (exact) mass is 923 g/mol. The van der Waals surface area contributed by atoms with Gasteiger partial charge < -0.3 is 23.8 Å². The number of nitrogens with one attached hydrogen (secondary N) is 1. The molecule has 4 aliphatic rings. The summed E-state index contributed by atoms with van der Waals surface area (Å²) in [6.45, 7) is 8.84. The number of nitrogens with zero attached hydrogens (tertiary/aromatic N) is 6. The number of hydrogen-bond donors (Lipinski definition) is 1. The molecular formula is C48H55ClN7O8P. The van der Waals surface area contributed by atoms with Gasteiger partial charge in [-0.3, -0.25) is 39.1 Å². The Bertz CT molecular complexity index is 2530. The van der Waals surface area contributed by atoms with Crippen LogP contribution in [0.3, 0.4) is 0 Å². The Kier molecular flexibility index (Phi) is 14.0. The number of amides is 5. The molecule has 1 atom stereocenters. The quantitative estimate of drug-likeness (QED) is 0.0925. The highest BCUT2D eigenvalue weighted by Gasteiger charge is 2.44. The molecule has 0 aliphatic carbocycles. The molecule has 1 N–H and O–H groups in total. The Morgan fingerprint density at radius 3 is 2.35 bits per heavy atom. The van der Waals surface area contributed by atoms with Gasteiger partial charge in [0.05, 0.1) is 35.6 Å². The molecule has 5 heterocycles. The topological polar surface area (TPSA) is 172 Å². The number of hydrogen-bond acceptors (Lipinski definition) is 12. The molecule has 5 amide bonds. The van der Waals surface area contributed by atoms with Gasteiger partial charge in [0.2, 0.25) is 17.7 Å². The molecular weight excluding hydrogens is 869 g/mol. The summed E-state index contributed by atoms with van der Waals surface area (Å²) < 4.78 is 24.7. The van der Waals surface area contributed by atoms with Crippen molar-refractivity contribution >= 4 is 59.3 Å². The molecule has 3 aromatic carbocycles. The maximum absolute atomic E-state index is 13.1. The average molecular weight is 924 g/mol. The largest absolute Gasteiger partial charge is 0.496 e. The van der Waals surface area contributed by atoms with E-state index in [0.717, 1.165) is 71.8 Å². The van der Waals surface area contributed by atoms with E-state index in [2.05, 4.69) is 38.3 Å². The number of methoxy groups -OCH3 is 1. The van der Waals surface area contributed by atoms with Crippen molar-refractivity contribution in [3.63, 3.8) is 0 Å². The molecule has 3 fully saturated rings. The number of carbonyl (C=O) groups excluding carboxylic acids is 5. The van der Waals surface area contributed by atoms with Crippen molar-refractivity contribution in [2.24, 2.45) is 0 Å². The van der Waals surface area contributed by atoms with Gasteiger partial charge in [-0.1, -0.05) is 41.9 Å². The molecule has 4 aliphatic heterocycles. The van der Waals surface area contributed by atoms with Gasteiger partial charge in [-0.15, -0.1) is 0 Å². The summed E-state index contributed by atoms with van der Waals surface area (Å²) in [4.78, 5) is 80.4. The van der Waals surface area contributed by atoms with Crippen LogP contribution in [0.25, 0.3) is 0 Å². The summed E-state index contributed by atoms with van der Waals surface area (Å²) in [5, 5.41) is 3.51. The summed E-state index contributed by atoms with van der Waals surface area (Å²) in [7, 11) is -0.803. The van der Waals surface area contributed by atoms with E-state index in [1.165, 1.54) is 12.1 Å². The summed E-state index contributed by atoms with van der Waals surface area (Å²) >= 11 is 6.57. The SMILES string of the molecule is COc1cc(N2CCC(N3CCN(C(=O)CCCCOc4ccc5c(c4)C(=O)N(C4CCC(=O)NC4=O)C5=O)CC3)CC2)ccc1Cc1ncc(Cl)c(Cc2ccccc2P(C)(C)=O)n1. The van der Waals surface area contributed by atoms with Crippen LogP contribution in [0, 0.1) is 0 Å². The number of benzene rings is 3. The van der Waals surface area contributed by atoms with Crippen molar-refractivity contribution in [3.05, 3.63) is 106 Å². The van der Waals surface area contributed by atoms with E-state index >= 15 is 0 Å². The van der Waals surface area contributed by atoms with E-state index in [1.807, 2.05) is 29.2 Å². The summed E-state index contributed by atoms with van der Waals surface area (Å²) in [5.41, 5.74) is 4.10. The Hall–Kier alpha value is -5.63. The zero-order valence-electron chi connectivity index (χ0n) is 37.1. The van der Waals surface area contributed by atoms with Gasteiger partial charge in [0, 0.05) is 99.8 Å². The maximum Gasteiger partial charge on any atom is 0.262 e. The molecule has 0 saturated carbocycles. The third kappa shape index (κ3) is 10.4. The highest BCUT2D eigenvalue weighted by Crippen LogP contribution is 2.37. The number of anilines is 1. The van der Waals surface area contributed by atoms with Crippen LogP contribution in [0.15, 0.2) is 66.9 Å². The van der Waals surface area contributed by atoms with Crippen LogP contribution in [0.1, 0.15) is 88.3 Å². The van der Waals surface area contributed by atoms with Crippen molar-refractivity contribution in [3.8, 4) is 11.5 Å². The zero-order valence-corrected chi connectivity index (χ0v) is 38.7. The number of piperazine rings is 1. The highest BCUT2D eigenvalue weighted by molar-refractivity contribution is 7.70. The number of unbranched alkanes of at least 4 members (excludes halogenated alkanes) is 1. The lowest BCUT2D eigenvalue weighted by molar-refractivity contribution is -0.136. The second-order valence-corrected chi connectivity index (χ2v) is 21.1. The number of piperidine rings is 2. The van der Waals surface area contributed by atoms with Crippen LogP contribution in [-0.4, -0.2) is 133 Å². The van der Waals surface area contributed by atoms with Gasteiger partial charge in [0.25, 0.3) is 11.8 Å². The second kappa shape index (κ2) is 19.9. The summed E-state index contributed by atoms with van der Waals surface area (Å²) in [6.07, 6.45) is 6.51. The lowest BCUT2D eigenvalue weighted by Crippen LogP contribution is -2.54. The lowest BCUT2D eigenvalue weighted by atomic mass is 10.0. The minimum atomic E-state index is -2.49. The predicted molar refractivity (Wildman–Crippen MR) is 247 cm³/mol. The van der Waals surface area contributed by atoms with E-state index in [-0.39, 0.29) is 29.9 Å². The average Bonchev–Trinajstić information content (AvgIpc) is 3.54. The van der Waals surface area contributed by atoms with Gasteiger partial charge in [-0.2, -0.15) is 0 Å². The fourth-order valence-corrected chi connectivity index (χ4v) is 10.8. The van der Waals surface area contributed by atoms with E-state index in [1.54, 1.807) is 32.7 Å². The van der Waals surface area contributed by atoms with E-state index < -0.39 is 36.8 Å². The van der Waals surface area contributed by atoms with Crippen LogP contribution in [0.4, 0.5) is 5.69 Å². The third-order valence-corrected chi connectivity index (χ3v) is 14.8. The van der Waals surface area contributed by atoms with Crippen molar-refractivity contribution in [2.75, 3.05) is 71.2 Å². The lowest BCUT2D eigenvalue weighted by Gasteiger charge is -2.43. The smallest absolute Gasteiger partial charge is 0.262 e. The zero-order chi connectivity index (χ0) is 45.8. The van der Waals surface area contributed by atoms with Crippen molar-refractivity contribution in [2.45, 2.75) is 69.9 Å². The molecule has 1 aromatic heterocycles. The first-order chi connectivity index (χ1) is 31.3. The Morgan fingerprint density at radius 1 is 0.862 bits per heavy atom. The number of fused-ring (bicyclic) bond motifs is 1. The molecule has 0 bridgehead atoms. The van der Waals surface area contributed by atoms with Crippen molar-refractivity contribution in [1.82, 2.24) is 30.0 Å². The molecule has 0 radical (unpaired) electrons. The minimum absolute atomic E-state index is 0.0587. The maximum atomic E-state index is 13.1. The molecule has 4 aromatic rings. The number of aromatic nitrogens is 2. The van der Waals surface area contributed by atoms with Crippen LogP contribution >= 0.6 is 18.7 Å². The normalized spacial score (nSPS) is 18.5. The molecule has 65 heavy (non-hydrogen) atoms. The number of carbonyl (C=O) groups is 5. The predicted octanol–water partition coefficient (Wildman–Crippen LogP) is 5.33. The van der Waals surface area contributed by atoms with Crippen LogP contribution in [-0.2, 0) is 31.8 Å². The van der Waals surface area contributed by atoms with Gasteiger partial charge >= 0.3 is 0 Å². The highest BCUT2D eigenvalue weighted by atomic mass is 35.5. The van der Waals surface area contributed by atoms with E-state index in [4.69, 9.17) is 26.1 Å². The van der Waals surface area contributed by atoms with Gasteiger partial charge in [0.15, 0.2) is 0 Å². The fraction of sp³-hybridized carbons (Fsp3) is 0.438. The van der Waals surface area contributed by atoms with Crippen LogP contribution in [0.2, 0.25) is 5.02 Å². The molecule has 8 rings (SSSR count). The fourth-order valence-electron chi connectivity index (χ4n) is 9.36. The summed E-state index contributed by atoms with van der Waals surface area (Å²) in [5.74, 6) is -0.228. The van der Waals surface area contributed by atoms with Crippen molar-refractivity contribution < 1.29 is 38.0 Å². The number of halogens is 1. The number of imide groups is 2.